The van der Waals surface area contributed by atoms with Crippen molar-refractivity contribution < 1.29 is 14.3 Å². The lowest BCUT2D eigenvalue weighted by Crippen LogP contribution is -2.52. The van der Waals surface area contributed by atoms with Crippen molar-refractivity contribution >= 4 is 12.0 Å². The number of hydrogen-bond acceptors (Lipinski definition) is 4. The number of ether oxygens (including phenoxy) is 1. The maximum atomic E-state index is 11.7. The summed E-state index contributed by atoms with van der Waals surface area (Å²) in [6.07, 6.45) is 1.41. The highest BCUT2D eigenvalue weighted by Crippen LogP contribution is 2.04. The lowest BCUT2D eigenvalue weighted by atomic mass is 10.0. The number of nitrogens with zero attached hydrogens (tertiary/aromatic N) is 1. The summed E-state index contributed by atoms with van der Waals surface area (Å²) >= 11 is 0. The Hall–Kier alpha value is -2.55. The normalized spacial score (nSPS) is 12.6. The van der Waals surface area contributed by atoms with Crippen LogP contribution in [0.5, 0.6) is 0 Å². The Morgan fingerprint density at radius 3 is 2.61 bits per heavy atom. The highest BCUT2D eigenvalue weighted by Gasteiger charge is 2.26. The molecule has 6 nitrogen and oxygen atoms in total. The molecule has 0 heterocycles. The number of unbranched alkanes of at least 4 members (excludes halogenated alkanes) is 1. The van der Waals surface area contributed by atoms with E-state index in [1.807, 2.05) is 43.3 Å². The van der Waals surface area contributed by atoms with Crippen LogP contribution in [0.2, 0.25) is 0 Å². The number of benzene rings is 1. The van der Waals surface area contributed by atoms with E-state index in [1.54, 1.807) is 6.92 Å². The van der Waals surface area contributed by atoms with Gasteiger partial charge in [-0.2, -0.15) is 5.26 Å². The number of rotatable bonds is 8. The van der Waals surface area contributed by atoms with Crippen molar-refractivity contribution in [1.29, 1.82) is 5.26 Å². The van der Waals surface area contributed by atoms with E-state index in [9.17, 15) is 14.9 Å². The van der Waals surface area contributed by atoms with Crippen molar-refractivity contribution in [2.24, 2.45) is 0 Å². The van der Waals surface area contributed by atoms with Crippen LogP contribution < -0.4 is 10.6 Å². The van der Waals surface area contributed by atoms with Gasteiger partial charge in [0, 0.05) is 6.42 Å². The molecule has 0 radical (unpaired) electrons. The Bertz CT molecular complexity index is 554. The molecule has 2 amide bonds. The smallest absolute Gasteiger partial charge is 0.407 e. The van der Waals surface area contributed by atoms with Crippen LogP contribution in [0.25, 0.3) is 0 Å². The summed E-state index contributed by atoms with van der Waals surface area (Å²) in [5.74, 6) is -0.199. The molecule has 0 saturated carbocycles. The van der Waals surface area contributed by atoms with Gasteiger partial charge >= 0.3 is 6.09 Å². The van der Waals surface area contributed by atoms with Crippen LogP contribution in [-0.4, -0.2) is 24.1 Å². The van der Waals surface area contributed by atoms with Gasteiger partial charge < -0.3 is 15.4 Å². The predicted octanol–water partition coefficient (Wildman–Crippen LogP) is 2.50. The first-order valence-corrected chi connectivity index (χ1v) is 7.66. The number of hydrogen-bond donors (Lipinski definition) is 2. The largest absolute Gasteiger partial charge is 0.445 e. The molecule has 6 heteroatoms. The third kappa shape index (κ3) is 7.32. The average molecular weight is 317 g/mol. The summed E-state index contributed by atoms with van der Waals surface area (Å²) < 4.78 is 5.07. The second kappa shape index (κ2) is 9.46. The van der Waals surface area contributed by atoms with Gasteiger partial charge in [0.1, 0.15) is 12.1 Å². The fraction of sp³-hybridized carbons (Fsp3) is 0.471. The van der Waals surface area contributed by atoms with E-state index < -0.39 is 11.6 Å². The molecular weight excluding hydrogens is 294 g/mol. The molecule has 1 aromatic rings. The minimum absolute atomic E-state index is 0.0189. The van der Waals surface area contributed by atoms with Gasteiger partial charge in [-0.3, -0.25) is 4.79 Å². The highest BCUT2D eigenvalue weighted by atomic mass is 16.5. The van der Waals surface area contributed by atoms with Crippen LogP contribution >= 0.6 is 0 Å². The van der Waals surface area contributed by atoms with Crippen LogP contribution in [0, 0.1) is 11.3 Å². The molecular formula is C17H23N3O3. The fourth-order valence-corrected chi connectivity index (χ4v) is 1.84. The first-order valence-electron chi connectivity index (χ1n) is 7.66. The van der Waals surface area contributed by atoms with Gasteiger partial charge in [0.05, 0.1) is 12.6 Å². The van der Waals surface area contributed by atoms with Gasteiger partial charge in [-0.05, 0) is 18.9 Å². The summed E-state index contributed by atoms with van der Waals surface area (Å²) in [5.41, 5.74) is -0.282. The number of carbonyl (C=O) groups excluding carboxylic acids is 2. The zero-order chi connectivity index (χ0) is 17.1. The minimum atomic E-state index is -1.16. The Balaban J connectivity index is 2.39. The van der Waals surface area contributed by atoms with Crippen molar-refractivity contribution in [2.45, 2.75) is 45.3 Å². The minimum Gasteiger partial charge on any atom is -0.445 e. The van der Waals surface area contributed by atoms with E-state index in [1.165, 1.54) is 0 Å². The van der Waals surface area contributed by atoms with E-state index in [0.29, 0.717) is 6.42 Å². The molecule has 1 aromatic carbocycles. The molecule has 0 fully saturated rings. The number of nitrogens with one attached hydrogen (secondary N) is 2. The Morgan fingerprint density at radius 1 is 1.30 bits per heavy atom. The predicted molar refractivity (Wildman–Crippen MR) is 86.3 cm³/mol. The van der Waals surface area contributed by atoms with Crippen molar-refractivity contribution in [2.75, 3.05) is 6.54 Å². The van der Waals surface area contributed by atoms with Gasteiger partial charge in [0.2, 0.25) is 5.91 Å². The van der Waals surface area contributed by atoms with E-state index in [-0.39, 0.29) is 19.1 Å². The van der Waals surface area contributed by atoms with E-state index in [2.05, 4.69) is 10.6 Å². The molecule has 0 spiro atoms. The zero-order valence-electron chi connectivity index (χ0n) is 13.6. The van der Waals surface area contributed by atoms with Gasteiger partial charge in [-0.15, -0.1) is 0 Å². The number of carbonyl (C=O) groups is 2. The molecule has 0 saturated heterocycles. The molecule has 2 N–H and O–H groups in total. The van der Waals surface area contributed by atoms with Crippen LogP contribution in [0.1, 0.15) is 38.7 Å². The summed E-state index contributed by atoms with van der Waals surface area (Å²) in [4.78, 5) is 23.4. The molecule has 1 atom stereocenters. The quantitative estimate of drug-likeness (QED) is 0.770. The van der Waals surface area contributed by atoms with Crippen molar-refractivity contribution in [3.05, 3.63) is 35.9 Å². The van der Waals surface area contributed by atoms with E-state index >= 15 is 0 Å². The Morgan fingerprint density at radius 2 is 2.00 bits per heavy atom. The molecule has 124 valence electrons. The maximum absolute atomic E-state index is 11.7. The topological polar surface area (TPSA) is 91.2 Å². The van der Waals surface area contributed by atoms with Gasteiger partial charge in [-0.25, -0.2) is 4.79 Å². The van der Waals surface area contributed by atoms with Crippen LogP contribution in [-0.2, 0) is 16.1 Å². The third-order valence-electron chi connectivity index (χ3n) is 3.22. The summed E-state index contributed by atoms with van der Waals surface area (Å²) in [6, 6.07) is 11.3. The lowest BCUT2D eigenvalue weighted by Gasteiger charge is -2.23. The van der Waals surface area contributed by atoms with Crippen LogP contribution in [0.15, 0.2) is 30.3 Å². The number of nitriles is 1. The van der Waals surface area contributed by atoms with Crippen molar-refractivity contribution in [3.63, 3.8) is 0 Å². The van der Waals surface area contributed by atoms with Gasteiger partial charge in [-0.1, -0.05) is 43.7 Å². The van der Waals surface area contributed by atoms with Crippen molar-refractivity contribution in [3.8, 4) is 6.07 Å². The summed E-state index contributed by atoms with van der Waals surface area (Å²) in [5, 5.41) is 14.4. The summed E-state index contributed by atoms with van der Waals surface area (Å²) in [7, 11) is 0. The molecule has 0 aliphatic carbocycles. The number of amides is 2. The summed E-state index contributed by atoms with van der Waals surface area (Å²) in [6.45, 7) is 3.68. The van der Waals surface area contributed by atoms with Crippen LogP contribution in [0.3, 0.4) is 0 Å². The lowest BCUT2D eigenvalue weighted by molar-refractivity contribution is -0.122. The molecule has 0 aliphatic rings. The first-order chi connectivity index (χ1) is 11.0. The van der Waals surface area contributed by atoms with Gasteiger partial charge in [0.15, 0.2) is 0 Å². The second-order valence-corrected chi connectivity index (χ2v) is 5.51. The highest BCUT2D eigenvalue weighted by molar-refractivity contribution is 5.77. The molecule has 0 aromatic heterocycles. The number of alkyl carbamates (subject to hydrolysis) is 1. The van der Waals surface area contributed by atoms with E-state index in [4.69, 9.17) is 4.74 Å². The van der Waals surface area contributed by atoms with Gasteiger partial charge in [0.25, 0.3) is 0 Å². The molecule has 0 aliphatic heterocycles. The van der Waals surface area contributed by atoms with Crippen LogP contribution in [0.4, 0.5) is 4.79 Å². The Labute approximate surface area is 136 Å². The monoisotopic (exact) mass is 317 g/mol. The van der Waals surface area contributed by atoms with E-state index in [0.717, 1.165) is 18.4 Å². The molecule has 1 unspecified atom stereocenters. The molecule has 0 bridgehead atoms. The first kappa shape index (κ1) is 18.5. The second-order valence-electron chi connectivity index (χ2n) is 5.51. The average Bonchev–Trinajstić information content (AvgIpc) is 2.57. The third-order valence-corrected chi connectivity index (χ3v) is 3.22. The molecule has 1 rings (SSSR count). The molecule has 23 heavy (non-hydrogen) atoms. The fourth-order valence-electron chi connectivity index (χ4n) is 1.84. The standard InChI is InChI=1S/C17H23N3O3/c1-3-4-10-15(21)20-17(2,12-18)13-19-16(22)23-11-14-8-6-5-7-9-14/h5-9H,3-4,10-11,13H2,1-2H3,(H,19,22)(H,20,21). The SMILES string of the molecule is CCCCC(=O)NC(C)(C#N)CNC(=O)OCc1ccccc1. The zero-order valence-corrected chi connectivity index (χ0v) is 13.6. The maximum Gasteiger partial charge on any atom is 0.407 e. The van der Waals surface area contributed by atoms with Crippen molar-refractivity contribution in [1.82, 2.24) is 10.6 Å². The Kier molecular flexibility index (Phi) is 7.61.